The average molecular weight is 169 g/mol. The third-order valence-corrected chi connectivity index (χ3v) is 1.38. The lowest BCUT2D eigenvalue weighted by molar-refractivity contribution is -0.142. The van der Waals surface area contributed by atoms with Crippen molar-refractivity contribution in [3.63, 3.8) is 0 Å². The standard InChI is InChI=1S/C8H11NO3/c10-8(11)6-12-5-7-3-1-2-4-9-7/h1-4,7,9H,5-6H2,(H,10,11). The number of carbonyl (C=O) groups is 1. The molecule has 1 atom stereocenters. The summed E-state index contributed by atoms with van der Waals surface area (Å²) in [6.45, 7) is 0.142. The summed E-state index contributed by atoms with van der Waals surface area (Å²) in [5, 5.41) is 11.3. The molecule has 0 bridgehead atoms. The summed E-state index contributed by atoms with van der Waals surface area (Å²) >= 11 is 0. The van der Waals surface area contributed by atoms with Crippen LogP contribution in [0.1, 0.15) is 0 Å². The molecule has 0 radical (unpaired) electrons. The summed E-state index contributed by atoms with van der Waals surface area (Å²) in [6, 6.07) is 0.0920. The molecule has 0 amide bonds. The SMILES string of the molecule is O=C(O)COCC1C=CC=CN1. The van der Waals surface area contributed by atoms with Crippen molar-refractivity contribution in [1.29, 1.82) is 0 Å². The highest BCUT2D eigenvalue weighted by Gasteiger charge is 2.04. The topological polar surface area (TPSA) is 58.6 Å². The fraction of sp³-hybridized carbons (Fsp3) is 0.375. The second-order valence-electron chi connectivity index (χ2n) is 2.43. The Bertz CT molecular complexity index is 210. The first-order chi connectivity index (χ1) is 5.79. The maximum Gasteiger partial charge on any atom is 0.329 e. The Morgan fingerprint density at radius 2 is 2.42 bits per heavy atom. The molecule has 1 unspecified atom stereocenters. The van der Waals surface area contributed by atoms with Gasteiger partial charge < -0.3 is 15.2 Å². The number of carboxylic acids is 1. The number of aliphatic carboxylic acids is 1. The fourth-order valence-electron chi connectivity index (χ4n) is 0.865. The van der Waals surface area contributed by atoms with Gasteiger partial charge in [0.05, 0.1) is 12.6 Å². The molecule has 1 heterocycles. The average Bonchev–Trinajstić information content (AvgIpc) is 2.05. The monoisotopic (exact) mass is 169 g/mol. The molecule has 1 rings (SSSR count). The van der Waals surface area contributed by atoms with E-state index in [0.29, 0.717) is 6.61 Å². The molecule has 1 aliphatic heterocycles. The summed E-state index contributed by atoms with van der Waals surface area (Å²) in [5.74, 6) is -0.940. The fourth-order valence-corrected chi connectivity index (χ4v) is 0.865. The predicted molar refractivity (Wildman–Crippen MR) is 43.7 cm³/mol. The third-order valence-electron chi connectivity index (χ3n) is 1.38. The van der Waals surface area contributed by atoms with Crippen LogP contribution >= 0.6 is 0 Å². The van der Waals surface area contributed by atoms with Gasteiger partial charge in [-0.3, -0.25) is 0 Å². The minimum Gasteiger partial charge on any atom is -0.480 e. The van der Waals surface area contributed by atoms with Crippen LogP contribution in [0.5, 0.6) is 0 Å². The highest BCUT2D eigenvalue weighted by Crippen LogP contribution is 1.94. The Morgan fingerprint density at radius 3 is 3.00 bits per heavy atom. The van der Waals surface area contributed by atoms with Crippen LogP contribution in [0.25, 0.3) is 0 Å². The molecule has 1 aliphatic rings. The van der Waals surface area contributed by atoms with Crippen molar-refractivity contribution in [2.24, 2.45) is 0 Å². The molecule has 4 nitrogen and oxygen atoms in total. The van der Waals surface area contributed by atoms with Gasteiger partial charge in [-0.2, -0.15) is 0 Å². The number of nitrogens with one attached hydrogen (secondary N) is 1. The zero-order valence-electron chi connectivity index (χ0n) is 6.56. The summed E-state index contributed by atoms with van der Waals surface area (Å²) in [7, 11) is 0. The molecule has 0 saturated heterocycles. The van der Waals surface area contributed by atoms with E-state index in [4.69, 9.17) is 9.84 Å². The highest BCUT2D eigenvalue weighted by molar-refractivity contribution is 5.67. The van der Waals surface area contributed by atoms with Gasteiger partial charge in [-0.15, -0.1) is 0 Å². The lowest BCUT2D eigenvalue weighted by Gasteiger charge is -2.14. The van der Waals surface area contributed by atoms with E-state index in [9.17, 15) is 4.79 Å². The van der Waals surface area contributed by atoms with E-state index >= 15 is 0 Å². The van der Waals surface area contributed by atoms with Crippen molar-refractivity contribution in [2.45, 2.75) is 6.04 Å². The molecule has 0 fully saturated rings. The Labute approximate surface area is 70.5 Å². The Hall–Kier alpha value is -1.29. The van der Waals surface area contributed by atoms with Crippen LogP contribution < -0.4 is 5.32 Å². The van der Waals surface area contributed by atoms with E-state index < -0.39 is 5.97 Å². The van der Waals surface area contributed by atoms with E-state index in [1.165, 1.54) is 0 Å². The van der Waals surface area contributed by atoms with Crippen molar-refractivity contribution in [3.05, 3.63) is 24.4 Å². The van der Waals surface area contributed by atoms with Crippen molar-refractivity contribution >= 4 is 5.97 Å². The number of hydrogen-bond donors (Lipinski definition) is 2. The second-order valence-corrected chi connectivity index (χ2v) is 2.43. The largest absolute Gasteiger partial charge is 0.480 e. The summed E-state index contributed by atoms with van der Waals surface area (Å²) in [6.07, 6.45) is 7.48. The smallest absolute Gasteiger partial charge is 0.329 e. The predicted octanol–water partition coefficient (Wildman–Crippen LogP) is 0.129. The number of carboxylic acid groups (broad SMARTS) is 1. The minimum atomic E-state index is -0.940. The summed E-state index contributed by atoms with van der Waals surface area (Å²) in [4.78, 5) is 10.1. The molecule has 0 saturated carbocycles. The van der Waals surface area contributed by atoms with Crippen LogP contribution in [0.15, 0.2) is 24.4 Å². The van der Waals surface area contributed by atoms with Gasteiger partial charge in [-0.1, -0.05) is 12.2 Å². The maximum absolute atomic E-state index is 10.1. The number of rotatable bonds is 4. The molecule has 4 heteroatoms. The van der Waals surface area contributed by atoms with Gasteiger partial charge in [0, 0.05) is 0 Å². The van der Waals surface area contributed by atoms with E-state index in [-0.39, 0.29) is 12.6 Å². The zero-order chi connectivity index (χ0) is 8.81. The maximum atomic E-state index is 10.1. The number of ether oxygens (including phenoxy) is 1. The molecule has 0 aromatic carbocycles. The van der Waals surface area contributed by atoms with E-state index in [1.807, 2.05) is 18.2 Å². The van der Waals surface area contributed by atoms with Gasteiger partial charge in [-0.05, 0) is 12.3 Å². The van der Waals surface area contributed by atoms with Crippen LogP contribution in [-0.4, -0.2) is 30.3 Å². The number of allylic oxidation sites excluding steroid dienone is 2. The first-order valence-corrected chi connectivity index (χ1v) is 3.68. The van der Waals surface area contributed by atoms with Crippen molar-refractivity contribution in [3.8, 4) is 0 Å². The Balaban J connectivity index is 2.11. The number of hydrogen-bond acceptors (Lipinski definition) is 3. The van der Waals surface area contributed by atoms with E-state index in [2.05, 4.69) is 5.32 Å². The second kappa shape index (κ2) is 4.56. The summed E-state index contributed by atoms with van der Waals surface area (Å²) < 4.78 is 4.89. The normalized spacial score (nSPS) is 20.5. The minimum absolute atomic E-state index is 0.0920. The lowest BCUT2D eigenvalue weighted by Crippen LogP contribution is -2.29. The first-order valence-electron chi connectivity index (χ1n) is 3.68. The Kier molecular flexibility index (Phi) is 3.35. The van der Waals surface area contributed by atoms with Gasteiger partial charge in [0.15, 0.2) is 0 Å². The van der Waals surface area contributed by atoms with Gasteiger partial charge in [-0.25, -0.2) is 4.79 Å². The molecule has 0 spiro atoms. The van der Waals surface area contributed by atoms with Crippen molar-refractivity contribution in [1.82, 2.24) is 5.32 Å². The Morgan fingerprint density at radius 1 is 1.58 bits per heavy atom. The van der Waals surface area contributed by atoms with E-state index in [1.54, 1.807) is 6.20 Å². The molecule has 2 N–H and O–H groups in total. The van der Waals surface area contributed by atoms with Gasteiger partial charge in [0.25, 0.3) is 0 Å². The van der Waals surface area contributed by atoms with Crippen molar-refractivity contribution in [2.75, 3.05) is 13.2 Å². The molecular formula is C8H11NO3. The molecular weight excluding hydrogens is 158 g/mol. The molecule has 0 aromatic heterocycles. The number of dihydropyridines is 1. The lowest BCUT2D eigenvalue weighted by atomic mass is 10.2. The summed E-state index contributed by atoms with van der Waals surface area (Å²) in [5.41, 5.74) is 0. The molecule has 0 aromatic rings. The zero-order valence-corrected chi connectivity index (χ0v) is 6.56. The van der Waals surface area contributed by atoms with Crippen molar-refractivity contribution < 1.29 is 14.6 Å². The van der Waals surface area contributed by atoms with E-state index in [0.717, 1.165) is 0 Å². The van der Waals surface area contributed by atoms with Crippen LogP contribution in [0.4, 0.5) is 0 Å². The van der Waals surface area contributed by atoms with Crippen LogP contribution in [0, 0.1) is 0 Å². The van der Waals surface area contributed by atoms with Crippen LogP contribution in [0.3, 0.4) is 0 Å². The first kappa shape index (κ1) is 8.80. The van der Waals surface area contributed by atoms with Gasteiger partial charge in [0.1, 0.15) is 6.61 Å². The van der Waals surface area contributed by atoms with Gasteiger partial charge in [0.2, 0.25) is 0 Å². The quantitative estimate of drug-likeness (QED) is 0.628. The van der Waals surface area contributed by atoms with Gasteiger partial charge >= 0.3 is 5.97 Å². The molecule has 0 aliphatic carbocycles. The highest BCUT2D eigenvalue weighted by atomic mass is 16.5. The van der Waals surface area contributed by atoms with Crippen LogP contribution in [0.2, 0.25) is 0 Å². The third kappa shape index (κ3) is 3.21. The molecule has 12 heavy (non-hydrogen) atoms. The molecule has 66 valence electrons. The van der Waals surface area contributed by atoms with Crippen LogP contribution in [-0.2, 0) is 9.53 Å².